The zero-order valence-electron chi connectivity index (χ0n) is 13.1. The van der Waals surface area contributed by atoms with Crippen molar-refractivity contribution in [2.24, 2.45) is 0 Å². The molecule has 6 heteroatoms. The quantitative estimate of drug-likeness (QED) is 0.413. The van der Waals surface area contributed by atoms with Crippen LogP contribution in [-0.2, 0) is 23.8 Å². The van der Waals surface area contributed by atoms with Gasteiger partial charge in [-0.15, -0.1) is 0 Å². The molecule has 0 aliphatic rings. The first kappa shape index (κ1) is 19.9. The predicted molar refractivity (Wildman–Crippen MR) is 77.8 cm³/mol. The maximum Gasteiger partial charge on any atom is 0.306 e. The van der Waals surface area contributed by atoms with Crippen LogP contribution in [0.4, 0.5) is 0 Å². The number of ether oxygens (including phenoxy) is 3. The second-order valence-electron chi connectivity index (χ2n) is 4.88. The number of unbranched alkanes of at least 4 members (excludes halogenated alkanes) is 2. The number of hydrogen-bond donors (Lipinski definition) is 1. The minimum absolute atomic E-state index is 0.0120. The van der Waals surface area contributed by atoms with E-state index in [9.17, 15) is 9.59 Å². The molecule has 0 aromatic rings. The molecule has 21 heavy (non-hydrogen) atoms. The number of esters is 2. The van der Waals surface area contributed by atoms with Crippen molar-refractivity contribution in [2.75, 3.05) is 26.4 Å². The van der Waals surface area contributed by atoms with Crippen LogP contribution in [0.1, 0.15) is 52.4 Å². The number of aliphatic hydroxyl groups excluding tert-OH is 1. The fourth-order valence-corrected chi connectivity index (χ4v) is 1.49. The standard InChI is InChI=1S/C15H28O6/c1-3-4-10-19-12-13(2)21-15(18)8-7-14(17)20-11-6-5-9-16/h13,16H,3-12H2,1-2H3. The van der Waals surface area contributed by atoms with Crippen molar-refractivity contribution in [3.05, 3.63) is 0 Å². The molecule has 1 unspecified atom stereocenters. The molecule has 1 atom stereocenters. The van der Waals surface area contributed by atoms with E-state index in [1.54, 1.807) is 6.92 Å². The van der Waals surface area contributed by atoms with Crippen LogP contribution < -0.4 is 0 Å². The fourth-order valence-electron chi connectivity index (χ4n) is 1.49. The molecule has 0 amide bonds. The Hall–Kier alpha value is -1.14. The van der Waals surface area contributed by atoms with Crippen molar-refractivity contribution in [2.45, 2.75) is 58.5 Å². The highest BCUT2D eigenvalue weighted by atomic mass is 16.6. The Kier molecular flexibility index (Phi) is 13.1. The van der Waals surface area contributed by atoms with E-state index < -0.39 is 11.9 Å². The SMILES string of the molecule is CCCCOCC(C)OC(=O)CCC(=O)OCCCCO. The molecule has 0 heterocycles. The molecule has 0 aliphatic carbocycles. The Morgan fingerprint density at radius 3 is 2.43 bits per heavy atom. The third kappa shape index (κ3) is 13.6. The first-order chi connectivity index (χ1) is 10.1. The molecule has 6 nitrogen and oxygen atoms in total. The molecule has 0 radical (unpaired) electrons. The van der Waals surface area contributed by atoms with E-state index in [1.165, 1.54) is 0 Å². The Morgan fingerprint density at radius 1 is 1.05 bits per heavy atom. The van der Waals surface area contributed by atoms with E-state index in [0.29, 0.717) is 26.1 Å². The van der Waals surface area contributed by atoms with Crippen molar-refractivity contribution in [3.63, 3.8) is 0 Å². The number of carbonyl (C=O) groups is 2. The van der Waals surface area contributed by atoms with Gasteiger partial charge in [-0.1, -0.05) is 13.3 Å². The summed E-state index contributed by atoms with van der Waals surface area (Å²) in [7, 11) is 0. The predicted octanol–water partition coefficient (Wildman–Crippen LogP) is 1.83. The Morgan fingerprint density at radius 2 is 1.76 bits per heavy atom. The zero-order chi connectivity index (χ0) is 15.9. The largest absolute Gasteiger partial charge is 0.466 e. The van der Waals surface area contributed by atoms with E-state index in [0.717, 1.165) is 12.8 Å². The number of aliphatic hydroxyl groups is 1. The van der Waals surface area contributed by atoms with E-state index in [-0.39, 0.29) is 32.2 Å². The Bertz CT molecular complexity index is 279. The number of carbonyl (C=O) groups excluding carboxylic acids is 2. The summed E-state index contributed by atoms with van der Waals surface area (Å²) in [5, 5.41) is 8.57. The summed E-state index contributed by atoms with van der Waals surface area (Å²) in [6.07, 6.45) is 3.00. The van der Waals surface area contributed by atoms with Crippen LogP contribution in [0.2, 0.25) is 0 Å². The van der Waals surface area contributed by atoms with Gasteiger partial charge in [-0.25, -0.2) is 0 Å². The lowest BCUT2D eigenvalue weighted by Gasteiger charge is -2.13. The van der Waals surface area contributed by atoms with Gasteiger partial charge in [0.05, 0.1) is 26.1 Å². The van der Waals surface area contributed by atoms with Gasteiger partial charge >= 0.3 is 11.9 Å². The average Bonchev–Trinajstić information content (AvgIpc) is 2.46. The maximum atomic E-state index is 11.5. The zero-order valence-corrected chi connectivity index (χ0v) is 13.1. The van der Waals surface area contributed by atoms with Crippen molar-refractivity contribution < 1.29 is 28.9 Å². The number of rotatable bonds is 13. The third-order valence-corrected chi connectivity index (χ3v) is 2.68. The summed E-state index contributed by atoms with van der Waals surface area (Å²) in [6, 6.07) is 0. The van der Waals surface area contributed by atoms with Gasteiger partial charge in [0, 0.05) is 13.2 Å². The summed E-state index contributed by atoms with van der Waals surface area (Å²) in [4.78, 5) is 22.8. The molecule has 0 aliphatic heterocycles. The highest BCUT2D eigenvalue weighted by Gasteiger charge is 2.12. The van der Waals surface area contributed by atoms with Crippen LogP contribution in [0.25, 0.3) is 0 Å². The molecule has 0 aromatic heterocycles. The minimum Gasteiger partial charge on any atom is -0.466 e. The summed E-state index contributed by atoms with van der Waals surface area (Å²) in [5.41, 5.74) is 0. The van der Waals surface area contributed by atoms with Crippen molar-refractivity contribution in [3.8, 4) is 0 Å². The van der Waals surface area contributed by atoms with Gasteiger partial charge in [-0.2, -0.15) is 0 Å². The number of hydrogen-bond acceptors (Lipinski definition) is 6. The van der Waals surface area contributed by atoms with Gasteiger partial charge in [0.15, 0.2) is 0 Å². The van der Waals surface area contributed by atoms with E-state index in [4.69, 9.17) is 19.3 Å². The molecule has 1 N–H and O–H groups in total. The normalized spacial score (nSPS) is 12.0. The van der Waals surface area contributed by atoms with Crippen LogP contribution >= 0.6 is 0 Å². The maximum absolute atomic E-state index is 11.5. The molecule has 0 saturated carbocycles. The Labute approximate surface area is 126 Å². The molecular formula is C15H28O6. The van der Waals surface area contributed by atoms with E-state index in [1.807, 2.05) is 0 Å². The van der Waals surface area contributed by atoms with Crippen molar-refractivity contribution >= 4 is 11.9 Å². The van der Waals surface area contributed by atoms with Crippen LogP contribution in [0.15, 0.2) is 0 Å². The second kappa shape index (κ2) is 13.8. The first-order valence-electron chi connectivity index (χ1n) is 7.63. The molecule has 0 bridgehead atoms. The highest BCUT2D eigenvalue weighted by Crippen LogP contribution is 2.01. The van der Waals surface area contributed by atoms with Gasteiger partial charge in [0.1, 0.15) is 6.10 Å². The molecule has 0 rings (SSSR count). The smallest absolute Gasteiger partial charge is 0.306 e. The van der Waals surface area contributed by atoms with Gasteiger partial charge in [-0.3, -0.25) is 9.59 Å². The molecular weight excluding hydrogens is 276 g/mol. The van der Waals surface area contributed by atoms with Gasteiger partial charge < -0.3 is 19.3 Å². The summed E-state index contributed by atoms with van der Waals surface area (Å²) in [5.74, 6) is -0.842. The van der Waals surface area contributed by atoms with Crippen LogP contribution in [-0.4, -0.2) is 49.6 Å². The molecule has 0 aromatic carbocycles. The Balaban J connectivity index is 3.57. The second-order valence-corrected chi connectivity index (χ2v) is 4.88. The summed E-state index contributed by atoms with van der Waals surface area (Å²) in [6.45, 7) is 5.24. The van der Waals surface area contributed by atoms with Crippen LogP contribution in [0, 0.1) is 0 Å². The third-order valence-electron chi connectivity index (χ3n) is 2.68. The van der Waals surface area contributed by atoms with Gasteiger partial charge in [0.2, 0.25) is 0 Å². The van der Waals surface area contributed by atoms with Crippen molar-refractivity contribution in [1.29, 1.82) is 0 Å². The summed E-state index contributed by atoms with van der Waals surface area (Å²) >= 11 is 0. The molecule has 0 fully saturated rings. The lowest BCUT2D eigenvalue weighted by atomic mass is 10.3. The van der Waals surface area contributed by atoms with Gasteiger partial charge in [0.25, 0.3) is 0 Å². The fraction of sp³-hybridized carbons (Fsp3) is 0.867. The molecule has 0 saturated heterocycles. The molecule has 124 valence electrons. The van der Waals surface area contributed by atoms with E-state index in [2.05, 4.69) is 6.92 Å². The highest BCUT2D eigenvalue weighted by molar-refractivity contribution is 5.77. The van der Waals surface area contributed by atoms with E-state index >= 15 is 0 Å². The lowest BCUT2D eigenvalue weighted by molar-refractivity contribution is -0.155. The monoisotopic (exact) mass is 304 g/mol. The van der Waals surface area contributed by atoms with Gasteiger partial charge in [-0.05, 0) is 26.2 Å². The summed E-state index contributed by atoms with van der Waals surface area (Å²) < 4.78 is 15.4. The molecule has 0 spiro atoms. The van der Waals surface area contributed by atoms with Crippen molar-refractivity contribution in [1.82, 2.24) is 0 Å². The minimum atomic E-state index is -0.422. The average molecular weight is 304 g/mol. The van der Waals surface area contributed by atoms with Crippen LogP contribution in [0.3, 0.4) is 0 Å². The topological polar surface area (TPSA) is 82.1 Å². The first-order valence-corrected chi connectivity index (χ1v) is 7.63. The van der Waals surface area contributed by atoms with Crippen LogP contribution in [0.5, 0.6) is 0 Å². The lowest BCUT2D eigenvalue weighted by Crippen LogP contribution is -2.21.